The molecule has 2 aromatic carbocycles. The fraction of sp³-hybridized carbons (Fsp3) is 0.0588. The number of hydrogen-bond donors (Lipinski definition) is 1. The van der Waals surface area contributed by atoms with Crippen LogP contribution in [0.25, 0.3) is 10.9 Å². The lowest BCUT2D eigenvalue weighted by Crippen LogP contribution is -2.02. The van der Waals surface area contributed by atoms with E-state index in [-0.39, 0.29) is 0 Å². The zero-order chi connectivity index (χ0) is 14.7. The Balaban J connectivity index is 1.89. The summed E-state index contributed by atoms with van der Waals surface area (Å²) >= 11 is 3.38. The molecule has 0 aliphatic heterocycles. The maximum absolute atomic E-state index is 9.19. The number of pyridine rings is 1. The monoisotopic (exact) mass is 337 g/mol. The third kappa shape index (κ3) is 2.88. The van der Waals surface area contributed by atoms with Gasteiger partial charge in [-0.1, -0.05) is 40.2 Å². The van der Waals surface area contributed by atoms with Gasteiger partial charge in [0.05, 0.1) is 16.8 Å². The van der Waals surface area contributed by atoms with Gasteiger partial charge in [0.2, 0.25) is 0 Å². The molecule has 21 heavy (non-hydrogen) atoms. The minimum atomic E-state index is 0.623. The first-order valence-electron chi connectivity index (χ1n) is 6.54. The molecule has 0 aliphatic carbocycles. The van der Waals surface area contributed by atoms with Crippen LogP contribution in [-0.4, -0.2) is 4.98 Å². The Morgan fingerprint density at radius 1 is 1.14 bits per heavy atom. The van der Waals surface area contributed by atoms with Gasteiger partial charge in [-0.05, 0) is 29.8 Å². The molecule has 0 saturated carbocycles. The van der Waals surface area contributed by atoms with Crippen LogP contribution in [0.2, 0.25) is 0 Å². The van der Waals surface area contributed by atoms with Crippen molar-refractivity contribution >= 4 is 32.5 Å². The molecule has 1 heterocycles. The van der Waals surface area contributed by atoms with Crippen LogP contribution in [0, 0.1) is 11.3 Å². The number of rotatable bonds is 3. The first-order valence-corrected chi connectivity index (χ1v) is 7.33. The Morgan fingerprint density at radius 2 is 2.00 bits per heavy atom. The van der Waals surface area contributed by atoms with Crippen molar-refractivity contribution in [2.45, 2.75) is 6.54 Å². The largest absolute Gasteiger partial charge is 0.380 e. The number of fused-ring (bicyclic) bond motifs is 1. The zero-order valence-corrected chi connectivity index (χ0v) is 12.8. The van der Waals surface area contributed by atoms with Crippen LogP contribution in [0.5, 0.6) is 0 Å². The van der Waals surface area contributed by atoms with E-state index in [9.17, 15) is 5.26 Å². The normalized spacial score (nSPS) is 10.3. The summed E-state index contributed by atoms with van der Waals surface area (Å²) in [7, 11) is 0. The first kappa shape index (κ1) is 13.6. The molecule has 0 saturated heterocycles. The quantitative estimate of drug-likeness (QED) is 0.766. The van der Waals surface area contributed by atoms with Crippen molar-refractivity contribution in [3.05, 3.63) is 70.3 Å². The average Bonchev–Trinajstić information content (AvgIpc) is 2.53. The Labute approximate surface area is 131 Å². The van der Waals surface area contributed by atoms with Gasteiger partial charge in [0, 0.05) is 22.6 Å². The van der Waals surface area contributed by atoms with Crippen molar-refractivity contribution in [2.75, 3.05) is 5.32 Å². The molecule has 3 nitrogen and oxygen atoms in total. The van der Waals surface area contributed by atoms with Gasteiger partial charge in [-0.2, -0.15) is 5.26 Å². The SMILES string of the molecule is N#Cc1cc(Br)ccc1NCc1cccc2cccnc12. The van der Waals surface area contributed by atoms with Crippen molar-refractivity contribution in [2.24, 2.45) is 0 Å². The molecule has 0 amide bonds. The summed E-state index contributed by atoms with van der Waals surface area (Å²) in [5.74, 6) is 0. The highest BCUT2D eigenvalue weighted by Crippen LogP contribution is 2.22. The summed E-state index contributed by atoms with van der Waals surface area (Å²) in [5.41, 5.74) is 3.55. The van der Waals surface area contributed by atoms with Gasteiger partial charge in [-0.3, -0.25) is 4.98 Å². The van der Waals surface area contributed by atoms with Crippen LogP contribution >= 0.6 is 15.9 Å². The molecule has 1 N–H and O–H groups in total. The number of anilines is 1. The van der Waals surface area contributed by atoms with E-state index in [1.165, 1.54) is 0 Å². The predicted molar refractivity (Wildman–Crippen MR) is 87.9 cm³/mol. The smallest absolute Gasteiger partial charge is 0.101 e. The number of nitrogens with one attached hydrogen (secondary N) is 1. The minimum Gasteiger partial charge on any atom is -0.380 e. The third-order valence-corrected chi connectivity index (χ3v) is 3.78. The van der Waals surface area contributed by atoms with E-state index in [2.05, 4.69) is 32.3 Å². The van der Waals surface area contributed by atoms with Gasteiger partial charge in [-0.25, -0.2) is 0 Å². The van der Waals surface area contributed by atoms with Gasteiger partial charge in [0.25, 0.3) is 0 Å². The van der Waals surface area contributed by atoms with Gasteiger partial charge in [0.1, 0.15) is 6.07 Å². The van der Waals surface area contributed by atoms with Crippen molar-refractivity contribution in [1.29, 1.82) is 5.26 Å². The number of halogens is 1. The Morgan fingerprint density at radius 3 is 2.86 bits per heavy atom. The van der Waals surface area contributed by atoms with Crippen LogP contribution in [0.4, 0.5) is 5.69 Å². The molecule has 0 atom stereocenters. The maximum atomic E-state index is 9.19. The molecule has 0 aliphatic rings. The minimum absolute atomic E-state index is 0.623. The molecule has 0 unspecified atom stereocenters. The van der Waals surface area contributed by atoms with E-state index >= 15 is 0 Å². The number of nitriles is 1. The second-order valence-corrected chi connectivity index (χ2v) is 5.56. The number of aromatic nitrogens is 1. The lowest BCUT2D eigenvalue weighted by atomic mass is 10.1. The fourth-order valence-corrected chi connectivity index (χ4v) is 2.62. The molecule has 0 bridgehead atoms. The lowest BCUT2D eigenvalue weighted by molar-refractivity contribution is 1.15. The number of benzene rings is 2. The van der Waals surface area contributed by atoms with E-state index in [1.54, 1.807) is 6.20 Å². The van der Waals surface area contributed by atoms with E-state index in [0.29, 0.717) is 12.1 Å². The second kappa shape index (κ2) is 5.94. The number of nitrogens with zero attached hydrogens (tertiary/aromatic N) is 2. The number of hydrogen-bond acceptors (Lipinski definition) is 3. The highest BCUT2D eigenvalue weighted by molar-refractivity contribution is 9.10. The average molecular weight is 338 g/mol. The van der Waals surface area contributed by atoms with Crippen molar-refractivity contribution in [1.82, 2.24) is 4.98 Å². The maximum Gasteiger partial charge on any atom is 0.101 e. The van der Waals surface area contributed by atoms with Crippen molar-refractivity contribution in [3.8, 4) is 6.07 Å². The summed E-state index contributed by atoms with van der Waals surface area (Å²) in [6.45, 7) is 0.630. The Hall–Kier alpha value is -2.38. The highest BCUT2D eigenvalue weighted by Gasteiger charge is 2.05. The summed E-state index contributed by atoms with van der Waals surface area (Å²) in [6.07, 6.45) is 1.80. The van der Waals surface area contributed by atoms with Crippen molar-refractivity contribution in [3.63, 3.8) is 0 Å². The molecular formula is C17H12BrN3. The fourth-order valence-electron chi connectivity index (χ4n) is 2.26. The van der Waals surface area contributed by atoms with Crippen LogP contribution in [0.15, 0.2) is 59.2 Å². The molecule has 0 spiro atoms. The third-order valence-electron chi connectivity index (χ3n) is 3.29. The highest BCUT2D eigenvalue weighted by atomic mass is 79.9. The molecule has 1 aromatic heterocycles. The van der Waals surface area contributed by atoms with E-state index in [4.69, 9.17) is 0 Å². The number of para-hydroxylation sites is 1. The topological polar surface area (TPSA) is 48.7 Å². The standard InChI is InChI=1S/C17H12BrN3/c18-15-6-7-16(14(9-15)10-19)21-11-13-4-1-3-12-5-2-8-20-17(12)13/h1-9,21H,11H2. The molecule has 3 rings (SSSR count). The summed E-state index contributed by atoms with van der Waals surface area (Å²) in [4.78, 5) is 4.44. The van der Waals surface area contributed by atoms with Crippen molar-refractivity contribution < 1.29 is 0 Å². The van der Waals surface area contributed by atoms with Gasteiger partial charge in [0.15, 0.2) is 0 Å². The lowest BCUT2D eigenvalue weighted by Gasteiger charge is -2.10. The summed E-state index contributed by atoms with van der Waals surface area (Å²) in [6, 6.07) is 17.9. The second-order valence-electron chi connectivity index (χ2n) is 4.65. The molecule has 0 radical (unpaired) electrons. The zero-order valence-electron chi connectivity index (χ0n) is 11.2. The summed E-state index contributed by atoms with van der Waals surface area (Å²) in [5, 5.41) is 13.6. The van der Waals surface area contributed by atoms with E-state index in [1.807, 2.05) is 48.5 Å². The van der Waals surface area contributed by atoms with Crippen LogP contribution in [0.3, 0.4) is 0 Å². The van der Waals surface area contributed by atoms with E-state index < -0.39 is 0 Å². The van der Waals surface area contributed by atoms with Gasteiger partial charge >= 0.3 is 0 Å². The first-order chi connectivity index (χ1) is 10.3. The van der Waals surface area contributed by atoms with Crippen LogP contribution < -0.4 is 5.32 Å². The Kier molecular flexibility index (Phi) is 3.85. The summed E-state index contributed by atoms with van der Waals surface area (Å²) < 4.78 is 0.899. The van der Waals surface area contributed by atoms with Gasteiger partial charge in [-0.15, -0.1) is 0 Å². The van der Waals surface area contributed by atoms with E-state index in [0.717, 1.165) is 26.6 Å². The molecule has 3 aromatic rings. The predicted octanol–water partition coefficient (Wildman–Crippen LogP) is 4.48. The molecule has 4 heteroatoms. The molecular weight excluding hydrogens is 326 g/mol. The van der Waals surface area contributed by atoms with Gasteiger partial charge < -0.3 is 5.32 Å². The molecule has 0 fully saturated rings. The van der Waals surface area contributed by atoms with Crippen LogP contribution in [-0.2, 0) is 6.54 Å². The van der Waals surface area contributed by atoms with Crippen LogP contribution in [0.1, 0.15) is 11.1 Å². The molecule has 102 valence electrons. The Bertz CT molecular complexity index is 832.